The van der Waals surface area contributed by atoms with E-state index >= 15 is 0 Å². The van der Waals surface area contributed by atoms with Crippen molar-refractivity contribution >= 4 is 5.91 Å². The molecule has 0 bridgehead atoms. The first-order valence-electron chi connectivity index (χ1n) is 10.0. The molecular formula is C23H26F2N2O. The minimum atomic E-state index is -0.786. The van der Waals surface area contributed by atoms with Crippen molar-refractivity contribution in [2.45, 2.75) is 51.2 Å². The second kappa shape index (κ2) is 7.63. The Hall–Kier alpha value is -2.27. The monoisotopic (exact) mass is 384 g/mol. The predicted octanol–water partition coefficient (Wildman–Crippen LogP) is 4.43. The zero-order valence-corrected chi connectivity index (χ0v) is 16.3. The molecule has 2 aromatic carbocycles. The number of amides is 1. The van der Waals surface area contributed by atoms with E-state index in [1.165, 1.54) is 0 Å². The maximum atomic E-state index is 14.4. The average Bonchev–Trinajstić information content (AvgIpc) is 3.10. The summed E-state index contributed by atoms with van der Waals surface area (Å²) in [6.45, 7) is 3.92. The third kappa shape index (κ3) is 3.32. The zero-order chi connectivity index (χ0) is 19.7. The van der Waals surface area contributed by atoms with Gasteiger partial charge in [0.2, 0.25) is 5.91 Å². The number of hydrogen-bond acceptors (Lipinski definition) is 2. The van der Waals surface area contributed by atoms with Gasteiger partial charge >= 0.3 is 0 Å². The van der Waals surface area contributed by atoms with Gasteiger partial charge in [-0.3, -0.25) is 9.69 Å². The van der Waals surface area contributed by atoms with E-state index in [4.69, 9.17) is 0 Å². The first-order valence-corrected chi connectivity index (χ1v) is 10.0. The van der Waals surface area contributed by atoms with Crippen molar-refractivity contribution in [1.29, 1.82) is 0 Å². The molecule has 2 fully saturated rings. The van der Waals surface area contributed by atoms with E-state index in [1.54, 1.807) is 19.1 Å². The first-order chi connectivity index (χ1) is 13.5. The van der Waals surface area contributed by atoms with E-state index < -0.39 is 17.2 Å². The molecule has 5 heteroatoms. The lowest BCUT2D eigenvalue weighted by molar-refractivity contribution is -0.148. The summed E-state index contributed by atoms with van der Waals surface area (Å²) in [6, 6.07) is 13.3. The highest BCUT2D eigenvalue weighted by Crippen LogP contribution is 2.40. The molecule has 1 atom stereocenters. The Balaban J connectivity index is 1.57. The summed E-state index contributed by atoms with van der Waals surface area (Å²) in [4.78, 5) is 17.5. The maximum Gasteiger partial charge on any atom is 0.243 e. The molecule has 2 heterocycles. The molecule has 2 aliphatic rings. The highest BCUT2D eigenvalue weighted by molar-refractivity contribution is 5.87. The van der Waals surface area contributed by atoms with Gasteiger partial charge in [0.05, 0.1) is 0 Å². The third-order valence-electron chi connectivity index (χ3n) is 6.26. The fraction of sp³-hybridized carbons (Fsp3) is 0.435. The van der Waals surface area contributed by atoms with Crippen LogP contribution in [0.5, 0.6) is 0 Å². The molecule has 1 spiro atoms. The van der Waals surface area contributed by atoms with Crippen LogP contribution in [0.3, 0.4) is 0 Å². The second-order valence-corrected chi connectivity index (χ2v) is 8.04. The summed E-state index contributed by atoms with van der Waals surface area (Å²) < 4.78 is 28.4. The number of carbonyl (C=O) groups excluding carboxylic acids is 1. The van der Waals surface area contributed by atoms with Crippen LogP contribution >= 0.6 is 0 Å². The molecule has 0 aromatic heterocycles. The van der Waals surface area contributed by atoms with Gasteiger partial charge in [0.15, 0.2) is 11.6 Å². The van der Waals surface area contributed by atoms with Crippen LogP contribution in [0.25, 0.3) is 0 Å². The minimum absolute atomic E-state index is 0.132. The number of nitrogens with zero attached hydrogens (tertiary/aromatic N) is 2. The van der Waals surface area contributed by atoms with E-state index in [-0.39, 0.29) is 12.5 Å². The Kier molecular flexibility index (Phi) is 5.19. The molecule has 2 aromatic rings. The SMILES string of the molecule is Cc1ccc(CN2CCCC23CCCN(Cc2ccccc2)C3=O)c(F)c1F. The van der Waals surface area contributed by atoms with Crippen LogP contribution in [0.2, 0.25) is 0 Å². The normalized spacial score (nSPS) is 23.0. The summed E-state index contributed by atoms with van der Waals surface area (Å²) >= 11 is 0. The van der Waals surface area contributed by atoms with Crippen molar-refractivity contribution in [2.75, 3.05) is 13.1 Å². The largest absolute Gasteiger partial charge is 0.337 e. The first kappa shape index (κ1) is 19.1. The quantitative estimate of drug-likeness (QED) is 0.779. The number of carbonyl (C=O) groups is 1. The number of hydrogen-bond donors (Lipinski definition) is 0. The predicted molar refractivity (Wildman–Crippen MR) is 105 cm³/mol. The Morgan fingerprint density at radius 3 is 2.39 bits per heavy atom. The zero-order valence-electron chi connectivity index (χ0n) is 16.3. The molecule has 3 nitrogen and oxygen atoms in total. The lowest BCUT2D eigenvalue weighted by Gasteiger charge is -2.44. The smallest absolute Gasteiger partial charge is 0.243 e. The lowest BCUT2D eigenvalue weighted by Crippen LogP contribution is -2.59. The van der Waals surface area contributed by atoms with Crippen LogP contribution in [0.1, 0.15) is 42.4 Å². The molecule has 2 saturated heterocycles. The summed E-state index contributed by atoms with van der Waals surface area (Å²) in [6.07, 6.45) is 3.40. The molecule has 0 saturated carbocycles. The number of aryl methyl sites for hydroxylation is 1. The highest BCUT2D eigenvalue weighted by atomic mass is 19.2. The molecule has 1 unspecified atom stereocenters. The summed E-state index contributed by atoms with van der Waals surface area (Å²) in [5.41, 5.74) is 1.17. The van der Waals surface area contributed by atoms with Gasteiger partial charge in [-0.2, -0.15) is 0 Å². The van der Waals surface area contributed by atoms with E-state index in [1.807, 2.05) is 35.2 Å². The van der Waals surface area contributed by atoms with E-state index in [9.17, 15) is 13.6 Å². The number of piperidine rings is 1. The minimum Gasteiger partial charge on any atom is -0.337 e. The fourth-order valence-electron chi connectivity index (χ4n) is 4.72. The van der Waals surface area contributed by atoms with Crippen LogP contribution in [0.15, 0.2) is 42.5 Å². The van der Waals surface area contributed by atoms with Gasteiger partial charge in [-0.25, -0.2) is 8.78 Å². The van der Waals surface area contributed by atoms with Gasteiger partial charge in [0.1, 0.15) is 5.54 Å². The van der Waals surface area contributed by atoms with Gasteiger partial charge in [-0.15, -0.1) is 0 Å². The molecular weight excluding hydrogens is 358 g/mol. The molecule has 0 N–H and O–H groups in total. The Labute approximate surface area is 165 Å². The lowest BCUT2D eigenvalue weighted by atomic mass is 9.85. The van der Waals surface area contributed by atoms with E-state index in [0.29, 0.717) is 17.7 Å². The van der Waals surface area contributed by atoms with Crippen LogP contribution in [0, 0.1) is 18.6 Å². The summed E-state index contributed by atoms with van der Waals surface area (Å²) in [5, 5.41) is 0. The van der Waals surface area contributed by atoms with E-state index in [2.05, 4.69) is 4.90 Å². The van der Waals surface area contributed by atoms with Gasteiger partial charge in [-0.1, -0.05) is 42.5 Å². The van der Waals surface area contributed by atoms with Crippen molar-refractivity contribution in [3.05, 3.63) is 70.8 Å². The number of likely N-dealkylation sites (tertiary alicyclic amines) is 2. The van der Waals surface area contributed by atoms with Crippen molar-refractivity contribution in [3.8, 4) is 0 Å². The summed E-state index contributed by atoms with van der Waals surface area (Å²) in [5.74, 6) is -1.44. The molecule has 28 heavy (non-hydrogen) atoms. The van der Waals surface area contributed by atoms with Crippen molar-refractivity contribution in [2.24, 2.45) is 0 Å². The third-order valence-corrected chi connectivity index (χ3v) is 6.26. The Morgan fingerprint density at radius 1 is 0.929 bits per heavy atom. The Bertz CT molecular complexity index is 870. The van der Waals surface area contributed by atoms with Crippen LogP contribution in [-0.2, 0) is 17.9 Å². The van der Waals surface area contributed by atoms with E-state index in [0.717, 1.165) is 44.3 Å². The number of benzene rings is 2. The molecule has 148 valence electrons. The van der Waals surface area contributed by atoms with Gasteiger partial charge < -0.3 is 4.90 Å². The maximum absolute atomic E-state index is 14.4. The topological polar surface area (TPSA) is 23.6 Å². The van der Waals surface area contributed by atoms with Crippen LogP contribution in [0.4, 0.5) is 8.78 Å². The standard InChI is InChI=1S/C23H26F2N2O/c1-17-9-10-19(21(25)20(17)24)16-27-14-6-12-23(27)11-5-13-26(22(23)28)15-18-7-3-2-4-8-18/h2-4,7-10H,5-6,11-16H2,1H3. The average molecular weight is 384 g/mol. The van der Waals surface area contributed by atoms with Gasteiger partial charge in [0.25, 0.3) is 0 Å². The van der Waals surface area contributed by atoms with Crippen LogP contribution < -0.4 is 0 Å². The Morgan fingerprint density at radius 2 is 1.64 bits per heavy atom. The molecule has 0 radical (unpaired) electrons. The fourth-order valence-corrected chi connectivity index (χ4v) is 4.72. The number of halogens is 2. The van der Waals surface area contributed by atoms with Crippen LogP contribution in [-0.4, -0.2) is 34.3 Å². The van der Waals surface area contributed by atoms with Crippen molar-refractivity contribution in [1.82, 2.24) is 9.80 Å². The van der Waals surface area contributed by atoms with Gasteiger partial charge in [-0.05, 0) is 50.3 Å². The number of rotatable bonds is 4. The van der Waals surface area contributed by atoms with Crippen molar-refractivity contribution < 1.29 is 13.6 Å². The molecule has 2 aliphatic heterocycles. The molecule has 1 amide bonds. The van der Waals surface area contributed by atoms with Gasteiger partial charge in [0, 0.05) is 25.2 Å². The molecule has 4 rings (SSSR count). The second-order valence-electron chi connectivity index (χ2n) is 8.04. The van der Waals surface area contributed by atoms with Crippen molar-refractivity contribution in [3.63, 3.8) is 0 Å². The highest BCUT2D eigenvalue weighted by Gasteiger charge is 2.50. The molecule has 0 aliphatic carbocycles. The summed E-state index contributed by atoms with van der Waals surface area (Å²) in [7, 11) is 0.